The summed E-state index contributed by atoms with van der Waals surface area (Å²) in [6.45, 7) is 0.0546. The number of hydrogen-bond donors (Lipinski definition) is 2. The third-order valence-corrected chi connectivity index (χ3v) is 3.95. The highest BCUT2D eigenvalue weighted by Crippen LogP contribution is 2.26. The molecule has 6 heteroatoms. The molecule has 1 aliphatic heterocycles. The Morgan fingerprint density at radius 1 is 1.29 bits per heavy atom. The molecule has 21 heavy (non-hydrogen) atoms. The number of carbonyl (C=O) groups is 2. The van der Waals surface area contributed by atoms with Crippen molar-refractivity contribution in [3.05, 3.63) is 36.0 Å². The Hall–Kier alpha value is -2.34. The summed E-state index contributed by atoms with van der Waals surface area (Å²) in [5, 5.41) is 19.7. The van der Waals surface area contributed by atoms with Gasteiger partial charge in [0.2, 0.25) is 0 Å². The minimum absolute atomic E-state index is 0.0546. The second kappa shape index (κ2) is 4.89. The van der Waals surface area contributed by atoms with E-state index in [9.17, 15) is 19.8 Å². The van der Waals surface area contributed by atoms with Gasteiger partial charge in [0, 0.05) is 37.1 Å². The van der Waals surface area contributed by atoms with Gasteiger partial charge in [0.1, 0.15) is 6.04 Å². The maximum absolute atomic E-state index is 12.7. The van der Waals surface area contributed by atoms with Crippen molar-refractivity contribution in [3.8, 4) is 0 Å². The lowest BCUT2D eigenvalue weighted by molar-refractivity contribution is -0.141. The van der Waals surface area contributed by atoms with E-state index in [1.165, 1.54) is 4.90 Å². The van der Waals surface area contributed by atoms with Crippen LogP contribution in [0.5, 0.6) is 0 Å². The lowest BCUT2D eigenvalue weighted by Gasteiger charge is -2.20. The maximum atomic E-state index is 12.7. The molecule has 2 aromatic rings. The van der Waals surface area contributed by atoms with Gasteiger partial charge in [-0.3, -0.25) is 4.79 Å². The molecule has 0 aliphatic carbocycles. The number of carboxylic acids is 1. The second-order valence-corrected chi connectivity index (χ2v) is 5.37. The molecule has 0 bridgehead atoms. The molecule has 2 atom stereocenters. The highest BCUT2D eigenvalue weighted by molar-refractivity contribution is 6.08. The van der Waals surface area contributed by atoms with Gasteiger partial charge in [0.25, 0.3) is 5.91 Å². The molecule has 1 amide bonds. The standard InChI is InChI=1S/C15H16N2O4/c1-16-8-11(10-4-2-3-5-12(10)16)14(19)17-7-9(18)6-13(17)15(20)21/h2-5,8-9,13,18H,6-7H2,1H3,(H,20,21)/t9-,13-/m0/s1. The number of amides is 1. The van der Waals surface area contributed by atoms with Gasteiger partial charge in [0.15, 0.2) is 0 Å². The highest BCUT2D eigenvalue weighted by Gasteiger charge is 2.39. The number of β-amino-alcohol motifs (C(OH)–C–C–N with tert-alkyl or cyclic N) is 1. The summed E-state index contributed by atoms with van der Waals surface area (Å²) >= 11 is 0. The van der Waals surface area contributed by atoms with Gasteiger partial charge >= 0.3 is 5.97 Å². The van der Waals surface area contributed by atoms with Crippen LogP contribution in [-0.2, 0) is 11.8 Å². The van der Waals surface area contributed by atoms with E-state index < -0.39 is 18.1 Å². The van der Waals surface area contributed by atoms with Gasteiger partial charge in [-0.15, -0.1) is 0 Å². The molecule has 0 unspecified atom stereocenters. The molecule has 1 aliphatic rings. The Morgan fingerprint density at radius 3 is 2.71 bits per heavy atom. The van der Waals surface area contributed by atoms with Gasteiger partial charge in [0.05, 0.1) is 11.7 Å². The number of benzene rings is 1. The number of nitrogens with zero attached hydrogens (tertiary/aromatic N) is 2. The monoisotopic (exact) mass is 288 g/mol. The van der Waals surface area contributed by atoms with Gasteiger partial charge in [-0.05, 0) is 6.07 Å². The van der Waals surface area contributed by atoms with Crippen molar-refractivity contribution in [1.82, 2.24) is 9.47 Å². The minimum atomic E-state index is -1.08. The van der Waals surface area contributed by atoms with Crippen molar-refractivity contribution in [2.45, 2.75) is 18.6 Å². The highest BCUT2D eigenvalue weighted by atomic mass is 16.4. The lowest BCUT2D eigenvalue weighted by Crippen LogP contribution is -2.40. The van der Waals surface area contributed by atoms with Gasteiger partial charge in [-0.25, -0.2) is 4.79 Å². The van der Waals surface area contributed by atoms with E-state index in [0.717, 1.165) is 10.9 Å². The second-order valence-electron chi connectivity index (χ2n) is 5.37. The lowest BCUT2D eigenvalue weighted by atomic mass is 10.1. The summed E-state index contributed by atoms with van der Waals surface area (Å²) in [6, 6.07) is 6.50. The number of carbonyl (C=O) groups excluding carboxylic acids is 1. The molecule has 0 saturated carbocycles. The zero-order valence-electron chi connectivity index (χ0n) is 11.6. The van der Waals surface area contributed by atoms with Crippen LogP contribution in [-0.4, -0.2) is 50.2 Å². The predicted octanol–water partition coefficient (Wildman–Crippen LogP) is 0.838. The molecule has 1 aromatic carbocycles. The van der Waals surface area contributed by atoms with E-state index in [2.05, 4.69) is 0 Å². The normalized spacial score (nSPS) is 21.9. The first-order valence-electron chi connectivity index (χ1n) is 6.75. The molecule has 2 heterocycles. The van der Waals surface area contributed by atoms with Gasteiger partial charge in [-0.2, -0.15) is 0 Å². The van der Waals surface area contributed by atoms with E-state index in [1.54, 1.807) is 6.20 Å². The summed E-state index contributed by atoms with van der Waals surface area (Å²) in [5.41, 5.74) is 1.38. The van der Waals surface area contributed by atoms with Crippen molar-refractivity contribution in [1.29, 1.82) is 0 Å². The predicted molar refractivity (Wildman–Crippen MR) is 76.0 cm³/mol. The SMILES string of the molecule is Cn1cc(C(=O)N2C[C@@H](O)C[C@H]2C(=O)O)c2ccccc21. The average molecular weight is 288 g/mol. The molecular formula is C15H16N2O4. The number of fused-ring (bicyclic) bond motifs is 1. The van der Waals surface area contributed by atoms with Crippen molar-refractivity contribution in [2.24, 2.45) is 7.05 Å². The first kappa shape index (κ1) is 13.6. The number of hydrogen-bond acceptors (Lipinski definition) is 3. The van der Waals surface area contributed by atoms with Crippen LogP contribution >= 0.6 is 0 Å². The van der Waals surface area contributed by atoms with Crippen LogP contribution in [0.4, 0.5) is 0 Å². The number of carboxylic acid groups (broad SMARTS) is 1. The van der Waals surface area contributed by atoms with Crippen LogP contribution in [0.3, 0.4) is 0 Å². The number of likely N-dealkylation sites (tertiary alicyclic amines) is 1. The Kier molecular flexibility index (Phi) is 3.17. The van der Waals surface area contributed by atoms with Crippen LogP contribution < -0.4 is 0 Å². The van der Waals surface area contributed by atoms with Crippen molar-refractivity contribution in [2.75, 3.05) is 6.54 Å². The number of rotatable bonds is 2. The molecule has 1 aromatic heterocycles. The molecule has 1 fully saturated rings. The fraction of sp³-hybridized carbons (Fsp3) is 0.333. The first-order valence-corrected chi connectivity index (χ1v) is 6.75. The minimum Gasteiger partial charge on any atom is -0.480 e. The van der Waals surface area contributed by atoms with Gasteiger partial charge in [-0.1, -0.05) is 18.2 Å². The topological polar surface area (TPSA) is 82.8 Å². The van der Waals surface area contributed by atoms with E-state index in [0.29, 0.717) is 5.56 Å². The van der Waals surface area contributed by atoms with E-state index in [4.69, 9.17) is 0 Å². The van der Waals surface area contributed by atoms with Crippen molar-refractivity contribution >= 4 is 22.8 Å². The van der Waals surface area contributed by atoms with E-state index in [1.807, 2.05) is 35.9 Å². The summed E-state index contributed by atoms with van der Waals surface area (Å²) in [5.74, 6) is -1.43. The molecule has 1 saturated heterocycles. The molecule has 110 valence electrons. The van der Waals surface area contributed by atoms with E-state index in [-0.39, 0.29) is 18.9 Å². The van der Waals surface area contributed by atoms with Crippen LogP contribution in [0.15, 0.2) is 30.5 Å². The molecule has 2 N–H and O–H groups in total. The summed E-state index contributed by atoms with van der Waals surface area (Å²) in [4.78, 5) is 25.2. The summed E-state index contributed by atoms with van der Waals surface area (Å²) < 4.78 is 1.84. The third kappa shape index (κ3) is 2.17. The van der Waals surface area contributed by atoms with Crippen molar-refractivity contribution in [3.63, 3.8) is 0 Å². The Labute approximate surface area is 121 Å². The molecule has 3 rings (SSSR count). The van der Waals surface area contributed by atoms with Crippen LogP contribution in [0.1, 0.15) is 16.8 Å². The first-order chi connectivity index (χ1) is 9.99. The molecule has 0 spiro atoms. The Bertz CT molecular complexity index is 722. The number of aryl methyl sites for hydroxylation is 1. The molecular weight excluding hydrogens is 272 g/mol. The maximum Gasteiger partial charge on any atom is 0.326 e. The smallest absolute Gasteiger partial charge is 0.326 e. The molecule has 0 radical (unpaired) electrons. The van der Waals surface area contributed by atoms with Crippen molar-refractivity contribution < 1.29 is 19.8 Å². The Balaban J connectivity index is 2.02. The summed E-state index contributed by atoms with van der Waals surface area (Å²) in [6.07, 6.45) is 0.993. The number of aromatic nitrogens is 1. The largest absolute Gasteiger partial charge is 0.480 e. The fourth-order valence-electron chi connectivity index (χ4n) is 2.94. The van der Waals surface area contributed by atoms with Crippen LogP contribution in [0.25, 0.3) is 10.9 Å². The number of para-hydroxylation sites is 1. The zero-order valence-corrected chi connectivity index (χ0v) is 11.6. The third-order valence-electron chi connectivity index (χ3n) is 3.95. The quantitative estimate of drug-likeness (QED) is 0.858. The molecule has 6 nitrogen and oxygen atoms in total. The van der Waals surface area contributed by atoms with E-state index >= 15 is 0 Å². The number of aliphatic carboxylic acids is 1. The van der Waals surface area contributed by atoms with Crippen LogP contribution in [0, 0.1) is 0 Å². The van der Waals surface area contributed by atoms with Crippen LogP contribution in [0.2, 0.25) is 0 Å². The summed E-state index contributed by atoms with van der Waals surface area (Å²) in [7, 11) is 1.84. The van der Waals surface area contributed by atoms with Gasteiger partial charge < -0.3 is 19.7 Å². The number of aliphatic hydroxyl groups excluding tert-OH is 1. The Morgan fingerprint density at radius 2 is 2.00 bits per heavy atom. The average Bonchev–Trinajstić information content (AvgIpc) is 3.00. The fourth-order valence-corrected chi connectivity index (χ4v) is 2.94. The number of aliphatic hydroxyl groups is 1. The zero-order chi connectivity index (χ0) is 15.1.